The van der Waals surface area contributed by atoms with Crippen LogP contribution in [-0.4, -0.2) is 27.1 Å². The van der Waals surface area contributed by atoms with Crippen molar-refractivity contribution in [1.82, 2.24) is 4.90 Å². The summed E-state index contributed by atoms with van der Waals surface area (Å²) < 4.78 is 0. The molecule has 1 unspecified atom stereocenters. The average Bonchev–Trinajstić information content (AvgIpc) is 3.26. The Morgan fingerprint density at radius 2 is 1.87 bits per heavy atom. The van der Waals surface area contributed by atoms with Gasteiger partial charge in [0.25, 0.3) is 0 Å². The van der Waals surface area contributed by atoms with Gasteiger partial charge < -0.3 is 5.32 Å². The number of thioether (sulfide) groups is 1. The number of aliphatic imine (C=N–C) groups is 1. The zero-order valence-electron chi connectivity index (χ0n) is 15.8. The van der Waals surface area contributed by atoms with Crippen LogP contribution >= 0.6 is 34.7 Å². The quantitative estimate of drug-likeness (QED) is 0.547. The minimum Gasteiger partial charge on any atom is -0.324 e. The largest absolute Gasteiger partial charge is 0.324 e. The van der Waals surface area contributed by atoms with Gasteiger partial charge in [0.2, 0.25) is 11.8 Å². The summed E-state index contributed by atoms with van der Waals surface area (Å²) >= 11 is 9.04. The number of nitrogens with zero attached hydrogens (tertiary/aromatic N) is 2. The van der Waals surface area contributed by atoms with Gasteiger partial charge in [-0.3, -0.25) is 14.5 Å². The topological polar surface area (TPSA) is 61.8 Å². The lowest BCUT2D eigenvalue weighted by atomic mass is 10.2. The van der Waals surface area contributed by atoms with Crippen LogP contribution in [0.15, 0.2) is 77.1 Å². The van der Waals surface area contributed by atoms with E-state index >= 15 is 0 Å². The van der Waals surface area contributed by atoms with Crippen LogP contribution in [0.1, 0.15) is 11.3 Å². The average molecular weight is 456 g/mol. The molecule has 30 heavy (non-hydrogen) atoms. The van der Waals surface area contributed by atoms with Crippen LogP contribution in [0, 0.1) is 0 Å². The van der Waals surface area contributed by atoms with Gasteiger partial charge in [0.05, 0.1) is 22.9 Å². The number of amides is 2. The molecule has 1 saturated heterocycles. The Labute approximate surface area is 187 Å². The zero-order chi connectivity index (χ0) is 20.9. The first-order chi connectivity index (χ1) is 14.6. The van der Waals surface area contributed by atoms with E-state index in [1.165, 1.54) is 11.8 Å². The fourth-order valence-corrected chi connectivity index (χ4v) is 4.92. The Bertz CT molecular complexity index is 1070. The Kier molecular flexibility index (Phi) is 6.52. The number of halogens is 1. The summed E-state index contributed by atoms with van der Waals surface area (Å²) in [5.41, 5.74) is 1.26. The van der Waals surface area contributed by atoms with Crippen LogP contribution in [-0.2, 0) is 16.1 Å². The monoisotopic (exact) mass is 455 g/mol. The van der Waals surface area contributed by atoms with Gasteiger partial charge in [-0.15, -0.1) is 11.3 Å². The summed E-state index contributed by atoms with van der Waals surface area (Å²) in [6, 6.07) is 20.4. The summed E-state index contributed by atoms with van der Waals surface area (Å²) in [6.45, 7) is 0.439. The van der Waals surface area contributed by atoms with Crippen molar-refractivity contribution >= 4 is 63.1 Å². The highest BCUT2D eigenvalue weighted by Crippen LogP contribution is 2.32. The van der Waals surface area contributed by atoms with Crippen molar-refractivity contribution in [3.63, 3.8) is 0 Å². The number of rotatable bonds is 5. The molecule has 2 heterocycles. The molecule has 8 heteroatoms. The summed E-state index contributed by atoms with van der Waals surface area (Å²) in [5, 5.41) is 5.19. The van der Waals surface area contributed by atoms with Crippen LogP contribution in [0.4, 0.5) is 11.4 Å². The maximum atomic E-state index is 13.0. The van der Waals surface area contributed by atoms with Crippen molar-refractivity contribution < 1.29 is 9.59 Å². The molecular formula is C22H18ClN3O2S2. The fraction of sp³-hybridized carbons (Fsp3) is 0.136. The highest BCUT2D eigenvalue weighted by molar-refractivity contribution is 8.15. The fourth-order valence-electron chi connectivity index (χ4n) is 2.94. The lowest BCUT2D eigenvalue weighted by Crippen LogP contribution is -2.44. The number of hydrogen-bond acceptors (Lipinski definition) is 5. The van der Waals surface area contributed by atoms with E-state index in [0.717, 1.165) is 10.6 Å². The minimum atomic E-state index is -0.587. The molecular weight excluding hydrogens is 438 g/mol. The van der Waals surface area contributed by atoms with Gasteiger partial charge in [-0.25, -0.2) is 4.99 Å². The van der Waals surface area contributed by atoms with Gasteiger partial charge >= 0.3 is 0 Å². The maximum absolute atomic E-state index is 13.0. The molecule has 0 bridgehead atoms. The van der Waals surface area contributed by atoms with E-state index in [9.17, 15) is 9.59 Å². The summed E-state index contributed by atoms with van der Waals surface area (Å²) in [6.07, 6.45) is 0.0974. The first kappa shape index (κ1) is 20.7. The molecule has 3 aromatic rings. The van der Waals surface area contributed by atoms with Gasteiger partial charge in [0.15, 0.2) is 5.17 Å². The molecule has 0 radical (unpaired) electrons. The second kappa shape index (κ2) is 9.47. The van der Waals surface area contributed by atoms with E-state index in [0.29, 0.717) is 22.4 Å². The number of anilines is 1. The molecule has 2 amide bonds. The van der Waals surface area contributed by atoms with Gasteiger partial charge in [0.1, 0.15) is 5.25 Å². The van der Waals surface area contributed by atoms with E-state index in [-0.39, 0.29) is 18.2 Å². The summed E-state index contributed by atoms with van der Waals surface area (Å²) in [5.74, 6) is -0.394. The highest BCUT2D eigenvalue weighted by atomic mass is 35.5. The molecule has 1 aromatic heterocycles. The van der Waals surface area contributed by atoms with E-state index in [2.05, 4.69) is 10.3 Å². The van der Waals surface area contributed by atoms with Crippen molar-refractivity contribution in [3.05, 3.63) is 82.0 Å². The molecule has 152 valence electrons. The van der Waals surface area contributed by atoms with Crippen molar-refractivity contribution in [1.29, 1.82) is 0 Å². The predicted molar refractivity (Wildman–Crippen MR) is 124 cm³/mol. The third-order valence-corrected chi connectivity index (χ3v) is 6.82. The van der Waals surface area contributed by atoms with Gasteiger partial charge in [-0.1, -0.05) is 59.8 Å². The molecule has 0 aliphatic carbocycles. The number of amidine groups is 1. The highest BCUT2D eigenvalue weighted by Gasteiger charge is 2.36. The second-order valence-corrected chi connectivity index (χ2v) is 9.18. The molecule has 4 rings (SSSR count). The lowest BCUT2D eigenvalue weighted by Gasteiger charge is -2.31. The Morgan fingerprint density at radius 1 is 1.10 bits per heavy atom. The van der Waals surface area contributed by atoms with Crippen LogP contribution in [0.25, 0.3) is 0 Å². The van der Waals surface area contributed by atoms with Crippen LogP contribution < -0.4 is 5.32 Å². The van der Waals surface area contributed by atoms with Crippen molar-refractivity contribution in [2.75, 3.05) is 5.32 Å². The molecule has 1 N–H and O–H groups in total. The van der Waals surface area contributed by atoms with E-state index in [1.807, 2.05) is 47.8 Å². The molecule has 5 nitrogen and oxygen atoms in total. The number of para-hydroxylation sites is 2. The number of carbonyl (C=O) groups is 2. The number of thiophene rings is 1. The predicted octanol–water partition coefficient (Wildman–Crippen LogP) is 5.56. The number of hydrogen-bond donors (Lipinski definition) is 1. The molecule has 1 aliphatic rings. The normalized spacial score (nSPS) is 17.9. The molecule has 2 aromatic carbocycles. The van der Waals surface area contributed by atoms with Gasteiger partial charge in [-0.05, 0) is 35.7 Å². The van der Waals surface area contributed by atoms with E-state index in [4.69, 9.17) is 11.6 Å². The smallest absolute Gasteiger partial charge is 0.238 e. The molecule has 1 fully saturated rings. The van der Waals surface area contributed by atoms with E-state index < -0.39 is 5.25 Å². The first-order valence-corrected chi connectivity index (χ1v) is 11.4. The standard InChI is InChI=1S/C22H18ClN3O2S2/c23-17-10-4-5-11-18(17)25-21(28)19-13-20(27)26(14-16-9-6-12-29-16)22(30-19)24-15-7-2-1-3-8-15/h1-12,19H,13-14H2,(H,25,28). The summed E-state index contributed by atoms with van der Waals surface area (Å²) in [7, 11) is 0. The van der Waals surface area contributed by atoms with E-state index in [1.54, 1.807) is 40.5 Å². The summed E-state index contributed by atoms with van der Waals surface area (Å²) in [4.78, 5) is 33.2. The lowest BCUT2D eigenvalue weighted by molar-refractivity contribution is -0.129. The van der Waals surface area contributed by atoms with Crippen molar-refractivity contribution in [2.45, 2.75) is 18.2 Å². The van der Waals surface area contributed by atoms with Gasteiger partial charge in [0, 0.05) is 11.3 Å². The molecule has 0 saturated carbocycles. The van der Waals surface area contributed by atoms with Crippen molar-refractivity contribution in [2.24, 2.45) is 4.99 Å². The molecule has 1 aliphatic heterocycles. The Balaban J connectivity index is 1.58. The number of benzene rings is 2. The third-order valence-electron chi connectivity index (χ3n) is 4.44. The second-order valence-electron chi connectivity index (χ2n) is 6.57. The number of nitrogens with one attached hydrogen (secondary N) is 1. The van der Waals surface area contributed by atoms with Crippen LogP contribution in [0.5, 0.6) is 0 Å². The molecule has 0 spiro atoms. The maximum Gasteiger partial charge on any atom is 0.238 e. The van der Waals surface area contributed by atoms with Crippen LogP contribution in [0.2, 0.25) is 5.02 Å². The minimum absolute atomic E-state index is 0.0974. The van der Waals surface area contributed by atoms with Crippen molar-refractivity contribution in [3.8, 4) is 0 Å². The zero-order valence-corrected chi connectivity index (χ0v) is 18.2. The van der Waals surface area contributed by atoms with Gasteiger partial charge in [-0.2, -0.15) is 0 Å². The first-order valence-electron chi connectivity index (χ1n) is 9.28. The number of carbonyl (C=O) groups excluding carboxylic acids is 2. The Morgan fingerprint density at radius 3 is 2.60 bits per heavy atom. The Hall–Kier alpha value is -2.61. The SMILES string of the molecule is O=C(Nc1ccccc1Cl)C1CC(=O)N(Cc2cccs2)C(=Nc2ccccc2)S1. The third kappa shape index (κ3) is 4.92. The van der Waals surface area contributed by atoms with Crippen LogP contribution in [0.3, 0.4) is 0 Å². The molecule has 1 atom stereocenters.